The van der Waals surface area contributed by atoms with E-state index in [4.69, 9.17) is 0 Å². The maximum Gasteiger partial charge on any atom is 0.338 e. The fraction of sp³-hybridized carbons (Fsp3) is 0. The molecule has 0 N–H and O–H groups in total. The molecule has 1 aliphatic rings. The van der Waals surface area contributed by atoms with Crippen molar-refractivity contribution in [3.63, 3.8) is 0 Å². The topological polar surface area (TPSA) is 43.4 Å². The van der Waals surface area contributed by atoms with E-state index in [1.807, 2.05) is 36.4 Å². The number of ether oxygens (including phenoxy) is 1. The van der Waals surface area contributed by atoms with Crippen LogP contribution in [0.15, 0.2) is 48.6 Å². The summed E-state index contributed by atoms with van der Waals surface area (Å²) in [6.45, 7) is 0. The van der Waals surface area contributed by atoms with Gasteiger partial charge in [0.15, 0.2) is 0 Å². The third-order valence-corrected chi connectivity index (χ3v) is 1.22. The third kappa shape index (κ3) is 3.86. The van der Waals surface area contributed by atoms with Crippen molar-refractivity contribution >= 4 is 11.9 Å². The molecule has 0 saturated carbocycles. The largest absolute Gasteiger partial charge is 0.387 e. The monoisotopic (exact) mass is 176 g/mol. The first-order valence-electron chi connectivity index (χ1n) is 3.73. The van der Waals surface area contributed by atoms with Gasteiger partial charge in [-0.25, -0.2) is 9.59 Å². The number of cyclic esters (lactones) is 2. The van der Waals surface area contributed by atoms with Gasteiger partial charge in [-0.2, -0.15) is 0 Å². The number of benzene rings is 1. The quantitative estimate of drug-likeness (QED) is 0.442. The van der Waals surface area contributed by atoms with E-state index in [-0.39, 0.29) is 0 Å². The molecule has 0 bridgehead atoms. The van der Waals surface area contributed by atoms with E-state index in [0.717, 1.165) is 12.2 Å². The molecule has 3 nitrogen and oxygen atoms in total. The van der Waals surface area contributed by atoms with Crippen molar-refractivity contribution in [1.29, 1.82) is 0 Å². The molecule has 0 atom stereocenters. The Balaban J connectivity index is 0.000000132. The van der Waals surface area contributed by atoms with Gasteiger partial charge >= 0.3 is 11.9 Å². The van der Waals surface area contributed by atoms with Crippen LogP contribution < -0.4 is 0 Å². The normalized spacial score (nSPS) is 13.2. The Hall–Kier alpha value is -1.90. The molecular formula is C10H8O3. The van der Waals surface area contributed by atoms with E-state index in [1.165, 1.54) is 0 Å². The molecule has 1 aromatic carbocycles. The molecule has 66 valence electrons. The maximum atomic E-state index is 9.92. The number of hydrogen-bond acceptors (Lipinski definition) is 3. The second kappa shape index (κ2) is 4.87. The summed E-state index contributed by atoms with van der Waals surface area (Å²) >= 11 is 0. The molecule has 0 amide bonds. The molecule has 1 heterocycles. The summed E-state index contributed by atoms with van der Waals surface area (Å²) in [5, 5.41) is 0. The lowest BCUT2D eigenvalue weighted by molar-refractivity contribution is -0.150. The van der Waals surface area contributed by atoms with E-state index in [9.17, 15) is 9.59 Å². The molecule has 3 heteroatoms. The van der Waals surface area contributed by atoms with E-state index >= 15 is 0 Å². The van der Waals surface area contributed by atoms with Crippen molar-refractivity contribution in [1.82, 2.24) is 0 Å². The van der Waals surface area contributed by atoms with Crippen molar-refractivity contribution in [3.8, 4) is 0 Å². The number of hydrogen-bond donors (Lipinski definition) is 0. The highest BCUT2D eigenvalue weighted by Crippen LogP contribution is 1.92. The third-order valence-electron chi connectivity index (χ3n) is 1.22. The minimum Gasteiger partial charge on any atom is -0.387 e. The highest BCUT2D eigenvalue weighted by Gasteiger charge is 2.10. The van der Waals surface area contributed by atoms with Gasteiger partial charge < -0.3 is 4.74 Å². The zero-order valence-electron chi connectivity index (χ0n) is 6.84. The van der Waals surface area contributed by atoms with E-state index in [1.54, 1.807) is 0 Å². The fourth-order valence-corrected chi connectivity index (χ4v) is 0.688. The molecule has 0 unspecified atom stereocenters. The van der Waals surface area contributed by atoms with Gasteiger partial charge in [0, 0.05) is 12.2 Å². The maximum absolute atomic E-state index is 9.92. The summed E-state index contributed by atoms with van der Waals surface area (Å²) in [4.78, 5) is 19.8. The Morgan fingerprint density at radius 3 is 1.15 bits per heavy atom. The summed E-state index contributed by atoms with van der Waals surface area (Å²) in [5.41, 5.74) is 0. The van der Waals surface area contributed by atoms with Crippen LogP contribution in [0.5, 0.6) is 0 Å². The highest BCUT2D eigenvalue weighted by atomic mass is 16.6. The first-order valence-corrected chi connectivity index (χ1v) is 3.73. The predicted molar refractivity (Wildman–Crippen MR) is 46.7 cm³/mol. The van der Waals surface area contributed by atoms with Gasteiger partial charge in [-0.1, -0.05) is 36.4 Å². The fourth-order valence-electron chi connectivity index (χ4n) is 0.688. The van der Waals surface area contributed by atoms with Crippen molar-refractivity contribution in [2.24, 2.45) is 0 Å². The van der Waals surface area contributed by atoms with Crippen molar-refractivity contribution < 1.29 is 14.3 Å². The molecular weight excluding hydrogens is 168 g/mol. The lowest BCUT2D eigenvalue weighted by Gasteiger charge is -1.80. The molecule has 1 aromatic rings. The Labute approximate surface area is 75.6 Å². The van der Waals surface area contributed by atoms with E-state index in [0.29, 0.717) is 0 Å². The van der Waals surface area contributed by atoms with Crippen LogP contribution in [0, 0.1) is 0 Å². The van der Waals surface area contributed by atoms with Gasteiger partial charge in [0.2, 0.25) is 0 Å². The molecule has 13 heavy (non-hydrogen) atoms. The van der Waals surface area contributed by atoms with Crippen LogP contribution in [0.3, 0.4) is 0 Å². The van der Waals surface area contributed by atoms with Crippen molar-refractivity contribution in [2.75, 3.05) is 0 Å². The molecule has 0 radical (unpaired) electrons. The molecule has 0 fully saturated rings. The Bertz CT molecular complexity index is 271. The smallest absolute Gasteiger partial charge is 0.338 e. The van der Waals surface area contributed by atoms with Gasteiger partial charge in [0.05, 0.1) is 0 Å². The number of rotatable bonds is 0. The molecule has 2 rings (SSSR count). The van der Waals surface area contributed by atoms with Crippen LogP contribution in [0.25, 0.3) is 0 Å². The van der Waals surface area contributed by atoms with Gasteiger partial charge in [-0.3, -0.25) is 0 Å². The second-order valence-electron chi connectivity index (χ2n) is 2.23. The molecule has 0 saturated heterocycles. The zero-order chi connectivity index (χ0) is 9.52. The summed E-state index contributed by atoms with van der Waals surface area (Å²) < 4.78 is 3.97. The van der Waals surface area contributed by atoms with Crippen LogP contribution in [-0.2, 0) is 14.3 Å². The average molecular weight is 176 g/mol. The summed E-state index contributed by atoms with van der Waals surface area (Å²) in [6, 6.07) is 12.0. The summed E-state index contributed by atoms with van der Waals surface area (Å²) in [5.74, 6) is -1.16. The van der Waals surface area contributed by atoms with Crippen LogP contribution >= 0.6 is 0 Å². The minimum atomic E-state index is -0.579. The molecule has 0 aliphatic carbocycles. The number of carbonyl (C=O) groups excluding carboxylic acids is 2. The van der Waals surface area contributed by atoms with Crippen LogP contribution in [-0.4, -0.2) is 11.9 Å². The Morgan fingerprint density at radius 1 is 0.692 bits per heavy atom. The van der Waals surface area contributed by atoms with E-state index in [2.05, 4.69) is 4.74 Å². The van der Waals surface area contributed by atoms with Gasteiger partial charge in [0.1, 0.15) is 0 Å². The van der Waals surface area contributed by atoms with Gasteiger partial charge in [0.25, 0.3) is 0 Å². The van der Waals surface area contributed by atoms with Gasteiger partial charge in [-0.05, 0) is 0 Å². The van der Waals surface area contributed by atoms with Crippen LogP contribution in [0.2, 0.25) is 0 Å². The van der Waals surface area contributed by atoms with Crippen LogP contribution in [0.4, 0.5) is 0 Å². The second-order valence-corrected chi connectivity index (χ2v) is 2.23. The highest BCUT2D eigenvalue weighted by molar-refractivity contribution is 6.04. The lowest BCUT2D eigenvalue weighted by atomic mass is 10.4. The van der Waals surface area contributed by atoms with Gasteiger partial charge in [-0.15, -0.1) is 0 Å². The molecule has 0 aromatic heterocycles. The molecule has 1 aliphatic heterocycles. The number of carbonyl (C=O) groups is 2. The first kappa shape index (κ1) is 9.19. The standard InChI is InChI=1S/C6H6.C4H2O3/c1-2-4-6-5-3-1;5-3-1-2-4(6)7-3/h1-6H;1-2H. The van der Waals surface area contributed by atoms with Crippen molar-refractivity contribution in [2.45, 2.75) is 0 Å². The Morgan fingerprint density at radius 2 is 1.00 bits per heavy atom. The minimum absolute atomic E-state index is 0.579. The zero-order valence-corrected chi connectivity index (χ0v) is 6.84. The average Bonchev–Trinajstić information content (AvgIpc) is 2.54. The summed E-state index contributed by atoms with van der Waals surface area (Å²) in [6.07, 6.45) is 2.17. The Kier molecular flexibility index (Phi) is 3.45. The SMILES string of the molecule is O=C1C=CC(=O)O1.c1ccccc1. The van der Waals surface area contributed by atoms with Crippen LogP contribution in [0.1, 0.15) is 0 Å². The van der Waals surface area contributed by atoms with Crippen molar-refractivity contribution in [3.05, 3.63) is 48.6 Å². The van der Waals surface area contributed by atoms with E-state index < -0.39 is 11.9 Å². The summed E-state index contributed by atoms with van der Waals surface area (Å²) in [7, 11) is 0. The lowest BCUT2D eigenvalue weighted by Crippen LogP contribution is -1.96. The predicted octanol–water partition coefficient (Wildman–Crippen LogP) is 1.31. The molecule has 0 spiro atoms. The number of esters is 2. The first-order chi connectivity index (χ1) is 6.29.